The molecule has 0 aromatic carbocycles. The predicted octanol–water partition coefficient (Wildman–Crippen LogP) is 2.54. The minimum absolute atomic E-state index is 0.733. The second-order valence-electron chi connectivity index (χ2n) is 5.18. The van der Waals surface area contributed by atoms with E-state index in [-0.39, 0.29) is 0 Å². The Kier molecular flexibility index (Phi) is 2.23. The lowest BCUT2D eigenvalue weighted by Crippen LogP contribution is -2.57. The normalized spacial score (nSPS) is 38.9. The molecule has 1 saturated carbocycles. The van der Waals surface area contributed by atoms with Gasteiger partial charge in [0.1, 0.15) is 0 Å². The summed E-state index contributed by atoms with van der Waals surface area (Å²) in [5.74, 6) is 2.72. The fourth-order valence-corrected chi connectivity index (χ4v) is 3.15. The van der Waals surface area contributed by atoms with Gasteiger partial charge in [-0.25, -0.2) is 0 Å². The number of nitrogens with zero attached hydrogens (tertiary/aromatic N) is 1. The van der Waals surface area contributed by atoms with Crippen LogP contribution in [0.25, 0.3) is 0 Å². The third kappa shape index (κ3) is 1.43. The molecule has 1 nitrogen and oxygen atoms in total. The summed E-state index contributed by atoms with van der Waals surface area (Å²) in [5.41, 5.74) is 1.42. The first-order chi connectivity index (χ1) is 6.09. The standard InChI is InChI=1S/C12H21N/c1-8(2)12-10-5-11(12)7-13(6-10)9(3)4/h9-12H,1,5-7H2,2-4H3/t10-,11?,12+/m0/s1. The molecule has 1 aliphatic carbocycles. The summed E-state index contributed by atoms with van der Waals surface area (Å²) >= 11 is 0. The van der Waals surface area contributed by atoms with Crippen molar-refractivity contribution in [3.63, 3.8) is 0 Å². The Bertz CT molecular complexity index is 207. The molecule has 3 aliphatic rings. The largest absolute Gasteiger partial charge is 0.300 e. The summed E-state index contributed by atoms with van der Waals surface area (Å²) < 4.78 is 0. The highest BCUT2D eigenvalue weighted by atomic mass is 15.2. The maximum Gasteiger partial charge on any atom is 0.00388 e. The second-order valence-corrected chi connectivity index (χ2v) is 5.18. The Morgan fingerprint density at radius 3 is 2.23 bits per heavy atom. The zero-order valence-electron chi connectivity index (χ0n) is 9.09. The molecule has 3 fully saturated rings. The van der Waals surface area contributed by atoms with E-state index >= 15 is 0 Å². The Balaban J connectivity index is 1.98. The van der Waals surface area contributed by atoms with Gasteiger partial charge < -0.3 is 4.90 Å². The van der Waals surface area contributed by atoms with E-state index in [1.54, 1.807) is 0 Å². The Hall–Kier alpha value is -0.300. The van der Waals surface area contributed by atoms with Crippen LogP contribution in [-0.4, -0.2) is 24.0 Å². The molecule has 0 aromatic heterocycles. The Labute approximate surface area is 81.8 Å². The molecule has 3 atom stereocenters. The fourth-order valence-electron chi connectivity index (χ4n) is 3.15. The van der Waals surface area contributed by atoms with Gasteiger partial charge in [-0.05, 0) is 44.9 Å². The minimum atomic E-state index is 0.733. The molecule has 3 rings (SSSR count). The van der Waals surface area contributed by atoms with Gasteiger partial charge in [0.05, 0.1) is 0 Å². The molecule has 0 radical (unpaired) electrons. The minimum Gasteiger partial charge on any atom is -0.300 e. The fraction of sp³-hybridized carbons (Fsp3) is 0.833. The van der Waals surface area contributed by atoms with Crippen LogP contribution < -0.4 is 0 Å². The molecule has 74 valence electrons. The summed E-state index contributed by atoms with van der Waals surface area (Å²) in [6.07, 6.45) is 1.46. The van der Waals surface area contributed by atoms with Gasteiger partial charge in [-0.3, -0.25) is 0 Å². The van der Waals surface area contributed by atoms with Crippen LogP contribution in [0, 0.1) is 17.8 Å². The van der Waals surface area contributed by atoms with Crippen molar-refractivity contribution in [2.45, 2.75) is 33.2 Å². The third-order valence-corrected chi connectivity index (χ3v) is 3.86. The van der Waals surface area contributed by atoms with Crippen LogP contribution in [0.15, 0.2) is 12.2 Å². The van der Waals surface area contributed by atoms with Gasteiger partial charge in [0.2, 0.25) is 0 Å². The maximum absolute atomic E-state index is 4.11. The first-order valence-corrected chi connectivity index (χ1v) is 5.49. The molecule has 2 saturated heterocycles. The van der Waals surface area contributed by atoms with Gasteiger partial charge in [0.25, 0.3) is 0 Å². The summed E-state index contributed by atoms with van der Waals surface area (Å²) in [6.45, 7) is 13.5. The molecule has 0 aromatic rings. The SMILES string of the molecule is C=C(C)[C@H]1C2C[C@H]1CN(C(C)C)C2. The third-order valence-electron chi connectivity index (χ3n) is 3.86. The highest BCUT2D eigenvalue weighted by molar-refractivity contribution is 5.11. The van der Waals surface area contributed by atoms with Crippen molar-refractivity contribution in [3.8, 4) is 0 Å². The van der Waals surface area contributed by atoms with Crippen molar-refractivity contribution in [3.05, 3.63) is 12.2 Å². The van der Waals surface area contributed by atoms with E-state index in [2.05, 4.69) is 32.3 Å². The molecular formula is C12H21N. The molecule has 0 amide bonds. The lowest BCUT2D eigenvalue weighted by atomic mass is 9.59. The zero-order chi connectivity index (χ0) is 9.59. The molecule has 0 spiro atoms. The molecule has 1 unspecified atom stereocenters. The van der Waals surface area contributed by atoms with E-state index in [0.717, 1.165) is 23.8 Å². The lowest BCUT2D eigenvalue weighted by molar-refractivity contribution is -0.0367. The predicted molar refractivity (Wildman–Crippen MR) is 56.6 cm³/mol. The van der Waals surface area contributed by atoms with Crippen LogP contribution in [-0.2, 0) is 0 Å². The number of hydrogen-bond donors (Lipinski definition) is 0. The van der Waals surface area contributed by atoms with Crippen molar-refractivity contribution in [1.29, 1.82) is 0 Å². The van der Waals surface area contributed by atoms with E-state index in [0.29, 0.717) is 0 Å². The van der Waals surface area contributed by atoms with Crippen LogP contribution in [0.1, 0.15) is 27.2 Å². The average molecular weight is 179 g/mol. The zero-order valence-corrected chi connectivity index (χ0v) is 9.09. The second kappa shape index (κ2) is 3.13. The summed E-state index contributed by atoms with van der Waals surface area (Å²) in [4.78, 5) is 2.62. The van der Waals surface area contributed by atoms with E-state index in [1.807, 2.05) is 0 Å². The number of piperidine rings is 2. The van der Waals surface area contributed by atoms with Crippen LogP contribution in [0.3, 0.4) is 0 Å². The van der Waals surface area contributed by atoms with Crippen molar-refractivity contribution in [1.82, 2.24) is 4.90 Å². The summed E-state index contributed by atoms with van der Waals surface area (Å²) in [6, 6.07) is 0.733. The molecule has 1 heteroatoms. The lowest BCUT2D eigenvalue weighted by Gasteiger charge is -2.55. The van der Waals surface area contributed by atoms with Crippen LogP contribution >= 0.6 is 0 Å². The Morgan fingerprint density at radius 1 is 1.31 bits per heavy atom. The number of rotatable bonds is 2. The maximum atomic E-state index is 4.11. The highest BCUT2D eigenvalue weighted by Crippen LogP contribution is 2.48. The van der Waals surface area contributed by atoms with Crippen LogP contribution in [0.5, 0.6) is 0 Å². The highest BCUT2D eigenvalue weighted by Gasteiger charge is 2.46. The Morgan fingerprint density at radius 2 is 1.85 bits per heavy atom. The quantitative estimate of drug-likeness (QED) is 0.589. The van der Waals surface area contributed by atoms with Gasteiger partial charge in [0, 0.05) is 19.1 Å². The molecule has 0 N–H and O–H groups in total. The van der Waals surface area contributed by atoms with Gasteiger partial charge in [-0.2, -0.15) is 0 Å². The topological polar surface area (TPSA) is 3.24 Å². The van der Waals surface area contributed by atoms with Crippen LogP contribution in [0.4, 0.5) is 0 Å². The van der Waals surface area contributed by atoms with Crippen molar-refractivity contribution >= 4 is 0 Å². The van der Waals surface area contributed by atoms with E-state index < -0.39 is 0 Å². The molecule has 2 heterocycles. The summed E-state index contributed by atoms with van der Waals surface area (Å²) in [5, 5.41) is 0. The molecule has 13 heavy (non-hydrogen) atoms. The summed E-state index contributed by atoms with van der Waals surface area (Å²) in [7, 11) is 0. The number of fused-ring (bicyclic) bond motifs is 2. The van der Waals surface area contributed by atoms with Gasteiger partial charge in [-0.15, -0.1) is 0 Å². The van der Waals surface area contributed by atoms with Crippen molar-refractivity contribution < 1.29 is 0 Å². The van der Waals surface area contributed by atoms with Gasteiger partial charge >= 0.3 is 0 Å². The monoisotopic (exact) mass is 179 g/mol. The van der Waals surface area contributed by atoms with Crippen molar-refractivity contribution in [2.75, 3.05) is 13.1 Å². The number of hydrogen-bond acceptors (Lipinski definition) is 1. The molecule has 2 aliphatic heterocycles. The molecule has 2 bridgehead atoms. The molecular weight excluding hydrogens is 158 g/mol. The first-order valence-electron chi connectivity index (χ1n) is 5.49. The number of allylic oxidation sites excluding steroid dienone is 1. The van der Waals surface area contributed by atoms with Crippen LogP contribution in [0.2, 0.25) is 0 Å². The first kappa shape index (κ1) is 9.26. The van der Waals surface area contributed by atoms with E-state index in [1.165, 1.54) is 25.1 Å². The van der Waals surface area contributed by atoms with E-state index in [9.17, 15) is 0 Å². The average Bonchev–Trinajstić information content (AvgIpc) is 2.03. The van der Waals surface area contributed by atoms with Crippen molar-refractivity contribution in [2.24, 2.45) is 17.8 Å². The van der Waals surface area contributed by atoms with E-state index in [4.69, 9.17) is 0 Å². The smallest absolute Gasteiger partial charge is 0.00388 e. The van der Waals surface area contributed by atoms with Gasteiger partial charge in [-0.1, -0.05) is 12.2 Å². The van der Waals surface area contributed by atoms with Gasteiger partial charge in [0.15, 0.2) is 0 Å².